The van der Waals surface area contributed by atoms with Crippen LogP contribution in [-0.2, 0) is 6.61 Å². The van der Waals surface area contributed by atoms with Crippen LogP contribution in [0.15, 0.2) is 48.5 Å². The Labute approximate surface area is 112 Å². The van der Waals surface area contributed by atoms with Crippen LogP contribution >= 0.6 is 0 Å². The molecule has 0 unspecified atom stereocenters. The van der Waals surface area contributed by atoms with Gasteiger partial charge >= 0.3 is 0 Å². The summed E-state index contributed by atoms with van der Waals surface area (Å²) in [5, 5.41) is 18.5. The molecule has 96 valence electrons. The molecular formula is C16H15NO2. The molecule has 0 heterocycles. The highest BCUT2D eigenvalue weighted by Gasteiger charge is 2.08. The van der Waals surface area contributed by atoms with E-state index < -0.39 is 6.10 Å². The van der Waals surface area contributed by atoms with Crippen molar-refractivity contribution in [2.45, 2.75) is 19.6 Å². The molecule has 0 saturated heterocycles. The molecule has 0 aliphatic carbocycles. The summed E-state index contributed by atoms with van der Waals surface area (Å²) in [6.07, 6.45) is -0.568. The van der Waals surface area contributed by atoms with Crippen LogP contribution in [0.3, 0.4) is 0 Å². The van der Waals surface area contributed by atoms with Crippen molar-refractivity contribution in [1.29, 1.82) is 5.26 Å². The van der Waals surface area contributed by atoms with E-state index in [-0.39, 0.29) is 0 Å². The molecule has 1 atom stereocenters. The molecule has 0 radical (unpaired) electrons. The van der Waals surface area contributed by atoms with Crippen molar-refractivity contribution in [3.05, 3.63) is 65.2 Å². The van der Waals surface area contributed by atoms with E-state index in [9.17, 15) is 5.11 Å². The summed E-state index contributed by atoms with van der Waals surface area (Å²) in [5.41, 5.74) is 2.31. The van der Waals surface area contributed by atoms with Crippen molar-refractivity contribution >= 4 is 0 Å². The highest BCUT2D eigenvalue weighted by molar-refractivity contribution is 5.36. The number of hydrogen-bond donors (Lipinski definition) is 1. The third-order valence-electron chi connectivity index (χ3n) is 2.82. The van der Waals surface area contributed by atoms with Crippen LogP contribution in [0.25, 0.3) is 0 Å². The van der Waals surface area contributed by atoms with Gasteiger partial charge in [-0.2, -0.15) is 5.26 Å². The van der Waals surface area contributed by atoms with Crippen molar-refractivity contribution in [3.8, 4) is 11.8 Å². The lowest BCUT2D eigenvalue weighted by Gasteiger charge is -2.13. The first-order valence-electron chi connectivity index (χ1n) is 6.09. The molecule has 2 aromatic carbocycles. The Balaban J connectivity index is 2.12. The van der Waals surface area contributed by atoms with Crippen molar-refractivity contribution in [2.75, 3.05) is 0 Å². The van der Waals surface area contributed by atoms with Crippen LogP contribution in [0, 0.1) is 11.3 Å². The Bertz CT molecular complexity index is 600. The minimum absolute atomic E-state index is 0.374. The highest BCUT2D eigenvalue weighted by atomic mass is 16.5. The van der Waals surface area contributed by atoms with Gasteiger partial charge in [-0.25, -0.2) is 0 Å². The summed E-state index contributed by atoms with van der Waals surface area (Å²) >= 11 is 0. The minimum atomic E-state index is -0.568. The molecule has 0 amide bonds. The predicted octanol–water partition coefficient (Wildman–Crippen LogP) is 3.19. The summed E-state index contributed by atoms with van der Waals surface area (Å²) in [4.78, 5) is 0. The third-order valence-corrected chi connectivity index (χ3v) is 2.82. The van der Waals surface area contributed by atoms with Gasteiger partial charge in [0.2, 0.25) is 0 Å². The zero-order chi connectivity index (χ0) is 13.7. The van der Waals surface area contributed by atoms with Gasteiger partial charge in [-0.1, -0.05) is 30.3 Å². The molecule has 0 aliphatic rings. The van der Waals surface area contributed by atoms with Gasteiger partial charge < -0.3 is 9.84 Å². The molecule has 0 fully saturated rings. The van der Waals surface area contributed by atoms with Crippen LogP contribution in [0.4, 0.5) is 0 Å². The monoisotopic (exact) mass is 253 g/mol. The maximum Gasteiger partial charge on any atom is 0.125 e. The van der Waals surface area contributed by atoms with Gasteiger partial charge in [0.15, 0.2) is 0 Å². The van der Waals surface area contributed by atoms with E-state index in [4.69, 9.17) is 10.00 Å². The number of para-hydroxylation sites is 1. The van der Waals surface area contributed by atoms with Gasteiger partial charge in [0.25, 0.3) is 0 Å². The number of aliphatic hydroxyl groups is 1. The summed E-state index contributed by atoms with van der Waals surface area (Å²) in [6, 6.07) is 16.8. The first kappa shape index (κ1) is 13.1. The second-order valence-electron chi connectivity index (χ2n) is 4.31. The standard InChI is InChI=1S/C16H15NO2/c1-12(18)15-7-2-3-8-16(15)19-11-14-6-4-5-13(9-14)10-17/h2-9,12,18H,11H2,1H3/t12-/m1/s1. The average Bonchev–Trinajstić information content (AvgIpc) is 2.45. The number of ether oxygens (including phenoxy) is 1. The smallest absolute Gasteiger partial charge is 0.125 e. The van der Waals surface area contributed by atoms with Crippen molar-refractivity contribution in [2.24, 2.45) is 0 Å². The van der Waals surface area contributed by atoms with Gasteiger partial charge in [0.05, 0.1) is 17.7 Å². The topological polar surface area (TPSA) is 53.2 Å². The Morgan fingerprint density at radius 2 is 2.00 bits per heavy atom. The fourth-order valence-corrected chi connectivity index (χ4v) is 1.85. The Morgan fingerprint density at radius 3 is 2.74 bits per heavy atom. The summed E-state index contributed by atoms with van der Waals surface area (Å²) in [5.74, 6) is 0.667. The van der Waals surface area contributed by atoms with E-state index in [0.29, 0.717) is 17.9 Å². The van der Waals surface area contributed by atoms with E-state index in [1.54, 1.807) is 19.1 Å². The van der Waals surface area contributed by atoms with Gasteiger partial charge in [0.1, 0.15) is 12.4 Å². The van der Waals surface area contributed by atoms with Gasteiger partial charge in [0, 0.05) is 5.56 Å². The largest absolute Gasteiger partial charge is 0.489 e. The lowest BCUT2D eigenvalue weighted by Crippen LogP contribution is -2.01. The quantitative estimate of drug-likeness (QED) is 0.910. The fraction of sp³-hybridized carbons (Fsp3) is 0.188. The second-order valence-corrected chi connectivity index (χ2v) is 4.31. The number of rotatable bonds is 4. The molecule has 2 aromatic rings. The van der Waals surface area contributed by atoms with E-state index in [2.05, 4.69) is 6.07 Å². The van der Waals surface area contributed by atoms with Crippen molar-refractivity contribution < 1.29 is 9.84 Å². The average molecular weight is 253 g/mol. The number of nitriles is 1. The SMILES string of the molecule is C[C@@H](O)c1ccccc1OCc1cccc(C#N)c1. The molecule has 0 saturated carbocycles. The Morgan fingerprint density at radius 1 is 1.21 bits per heavy atom. The van der Waals surface area contributed by atoms with Crippen molar-refractivity contribution in [3.63, 3.8) is 0 Å². The van der Waals surface area contributed by atoms with E-state index in [0.717, 1.165) is 11.1 Å². The molecule has 0 spiro atoms. The fourth-order valence-electron chi connectivity index (χ4n) is 1.85. The maximum atomic E-state index is 9.66. The van der Waals surface area contributed by atoms with Crippen LogP contribution in [-0.4, -0.2) is 5.11 Å². The van der Waals surface area contributed by atoms with Crippen LogP contribution in [0.2, 0.25) is 0 Å². The van der Waals surface area contributed by atoms with Gasteiger partial charge in [-0.05, 0) is 30.7 Å². The predicted molar refractivity (Wildman–Crippen MR) is 72.6 cm³/mol. The third kappa shape index (κ3) is 3.34. The van der Waals surface area contributed by atoms with Gasteiger partial charge in [-0.15, -0.1) is 0 Å². The Kier molecular flexibility index (Phi) is 4.17. The number of nitrogens with zero attached hydrogens (tertiary/aromatic N) is 1. The molecule has 3 heteroatoms. The molecule has 19 heavy (non-hydrogen) atoms. The summed E-state index contributed by atoms with van der Waals surface area (Å²) in [6.45, 7) is 2.08. The molecule has 0 bridgehead atoms. The second kappa shape index (κ2) is 6.03. The summed E-state index contributed by atoms with van der Waals surface area (Å²) in [7, 11) is 0. The lowest BCUT2D eigenvalue weighted by atomic mass is 10.1. The van der Waals surface area contributed by atoms with Gasteiger partial charge in [-0.3, -0.25) is 0 Å². The van der Waals surface area contributed by atoms with Crippen LogP contribution in [0.5, 0.6) is 5.75 Å². The van der Waals surface area contributed by atoms with E-state index in [1.165, 1.54) is 0 Å². The van der Waals surface area contributed by atoms with Crippen molar-refractivity contribution in [1.82, 2.24) is 0 Å². The Hall–Kier alpha value is -2.31. The van der Waals surface area contributed by atoms with E-state index in [1.807, 2.05) is 36.4 Å². The molecule has 1 N–H and O–H groups in total. The normalized spacial score (nSPS) is 11.6. The lowest BCUT2D eigenvalue weighted by molar-refractivity contribution is 0.190. The summed E-state index contributed by atoms with van der Waals surface area (Å²) < 4.78 is 5.71. The maximum absolute atomic E-state index is 9.66. The number of hydrogen-bond acceptors (Lipinski definition) is 3. The minimum Gasteiger partial charge on any atom is -0.489 e. The zero-order valence-corrected chi connectivity index (χ0v) is 10.7. The zero-order valence-electron chi connectivity index (χ0n) is 10.7. The first-order valence-corrected chi connectivity index (χ1v) is 6.09. The van der Waals surface area contributed by atoms with E-state index >= 15 is 0 Å². The molecular weight excluding hydrogens is 238 g/mol. The molecule has 2 rings (SSSR count). The molecule has 0 aromatic heterocycles. The molecule has 3 nitrogen and oxygen atoms in total. The number of aliphatic hydroxyl groups excluding tert-OH is 1. The van der Waals surface area contributed by atoms with Crippen LogP contribution in [0.1, 0.15) is 29.7 Å². The number of benzene rings is 2. The molecule has 0 aliphatic heterocycles. The van der Waals surface area contributed by atoms with Crippen LogP contribution < -0.4 is 4.74 Å². The first-order chi connectivity index (χ1) is 9.20. The highest BCUT2D eigenvalue weighted by Crippen LogP contribution is 2.25.